The monoisotopic (exact) mass is 273 g/mol. The molecule has 0 atom stereocenters. The lowest BCUT2D eigenvalue weighted by atomic mass is 9.85. The van der Waals surface area contributed by atoms with E-state index in [0.717, 1.165) is 23.6 Å². The topological polar surface area (TPSA) is 69.6 Å². The number of benzene rings is 1. The van der Waals surface area contributed by atoms with Gasteiger partial charge in [-0.15, -0.1) is 5.10 Å². The molecule has 5 nitrogen and oxygen atoms in total. The highest BCUT2D eigenvalue weighted by atomic mass is 15.5. The second-order valence-electron chi connectivity index (χ2n) is 5.96. The Morgan fingerprint density at radius 1 is 1.15 bits per heavy atom. The Bertz CT molecular complexity index is 551. The standard InChI is InChI=1S/C15H23N5/c1-10(2)14(11(3)4)9-20-15(17-18-19-20)12-6-5-7-13(16)8-12/h5-8,10-11,14H,9,16H2,1-4H3. The van der Waals surface area contributed by atoms with Gasteiger partial charge in [0, 0.05) is 17.8 Å². The number of aromatic nitrogens is 4. The van der Waals surface area contributed by atoms with E-state index in [1.165, 1.54) is 0 Å². The molecule has 5 heteroatoms. The first-order chi connectivity index (χ1) is 9.49. The van der Waals surface area contributed by atoms with Gasteiger partial charge < -0.3 is 5.73 Å². The van der Waals surface area contributed by atoms with Crippen LogP contribution in [-0.4, -0.2) is 20.2 Å². The fourth-order valence-corrected chi connectivity index (χ4v) is 2.60. The fourth-order valence-electron chi connectivity index (χ4n) is 2.60. The van der Waals surface area contributed by atoms with Crippen molar-refractivity contribution in [2.75, 3.05) is 5.73 Å². The zero-order valence-electron chi connectivity index (χ0n) is 12.6. The number of hydrogen-bond donors (Lipinski definition) is 1. The van der Waals surface area contributed by atoms with Crippen molar-refractivity contribution in [1.82, 2.24) is 20.2 Å². The smallest absolute Gasteiger partial charge is 0.182 e. The van der Waals surface area contributed by atoms with Gasteiger partial charge in [0.25, 0.3) is 0 Å². The van der Waals surface area contributed by atoms with E-state index in [-0.39, 0.29) is 0 Å². The molecule has 0 aliphatic heterocycles. The lowest BCUT2D eigenvalue weighted by molar-refractivity contribution is 0.242. The average molecular weight is 273 g/mol. The van der Waals surface area contributed by atoms with Gasteiger partial charge in [-0.05, 0) is 40.3 Å². The summed E-state index contributed by atoms with van der Waals surface area (Å²) in [5, 5.41) is 12.1. The van der Waals surface area contributed by atoms with Gasteiger partial charge in [0.05, 0.1) is 0 Å². The highest BCUT2D eigenvalue weighted by molar-refractivity contribution is 5.60. The van der Waals surface area contributed by atoms with E-state index in [2.05, 4.69) is 43.2 Å². The quantitative estimate of drug-likeness (QED) is 0.850. The maximum absolute atomic E-state index is 5.83. The molecular formula is C15H23N5. The van der Waals surface area contributed by atoms with E-state index < -0.39 is 0 Å². The van der Waals surface area contributed by atoms with Crippen LogP contribution in [0.25, 0.3) is 11.4 Å². The van der Waals surface area contributed by atoms with E-state index in [1.54, 1.807) is 0 Å². The number of anilines is 1. The predicted molar refractivity (Wildman–Crippen MR) is 80.8 cm³/mol. The van der Waals surface area contributed by atoms with Crippen LogP contribution in [0.2, 0.25) is 0 Å². The molecule has 2 N–H and O–H groups in total. The van der Waals surface area contributed by atoms with Crippen LogP contribution in [0.15, 0.2) is 24.3 Å². The van der Waals surface area contributed by atoms with Crippen LogP contribution in [0.3, 0.4) is 0 Å². The Morgan fingerprint density at radius 3 is 2.45 bits per heavy atom. The molecule has 0 amide bonds. The molecule has 0 bridgehead atoms. The van der Waals surface area contributed by atoms with Crippen molar-refractivity contribution >= 4 is 5.69 Å². The van der Waals surface area contributed by atoms with Gasteiger partial charge in [-0.25, -0.2) is 4.68 Å². The van der Waals surface area contributed by atoms with Crippen LogP contribution in [-0.2, 0) is 6.54 Å². The van der Waals surface area contributed by atoms with Gasteiger partial charge in [0.2, 0.25) is 0 Å². The number of hydrogen-bond acceptors (Lipinski definition) is 4. The molecular weight excluding hydrogens is 250 g/mol. The minimum absolute atomic E-state index is 0.540. The minimum atomic E-state index is 0.540. The molecule has 20 heavy (non-hydrogen) atoms. The molecule has 1 aromatic carbocycles. The fraction of sp³-hybridized carbons (Fsp3) is 0.533. The van der Waals surface area contributed by atoms with Gasteiger partial charge in [0.15, 0.2) is 5.82 Å². The molecule has 0 saturated carbocycles. The third kappa shape index (κ3) is 3.15. The number of nitrogens with two attached hydrogens (primary N) is 1. The van der Waals surface area contributed by atoms with Crippen LogP contribution < -0.4 is 5.73 Å². The van der Waals surface area contributed by atoms with Crippen molar-refractivity contribution in [3.63, 3.8) is 0 Å². The van der Waals surface area contributed by atoms with Gasteiger partial charge in [-0.2, -0.15) is 0 Å². The molecule has 0 unspecified atom stereocenters. The van der Waals surface area contributed by atoms with E-state index >= 15 is 0 Å². The lowest BCUT2D eigenvalue weighted by Crippen LogP contribution is -2.23. The number of rotatable bonds is 5. The molecule has 2 aromatic rings. The summed E-state index contributed by atoms with van der Waals surface area (Å²) in [6, 6.07) is 7.68. The highest BCUT2D eigenvalue weighted by Gasteiger charge is 2.21. The normalized spacial score (nSPS) is 11.8. The predicted octanol–water partition coefficient (Wildman–Crippen LogP) is 2.85. The molecule has 0 aliphatic carbocycles. The molecule has 1 heterocycles. The second-order valence-corrected chi connectivity index (χ2v) is 5.96. The molecule has 2 rings (SSSR count). The number of nitrogen functional groups attached to an aromatic ring is 1. The lowest BCUT2D eigenvalue weighted by Gasteiger charge is -2.24. The molecule has 0 fully saturated rings. The van der Waals surface area contributed by atoms with E-state index in [4.69, 9.17) is 5.73 Å². The van der Waals surface area contributed by atoms with Crippen molar-refractivity contribution in [2.24, 2.45) is 17.8 Å². The van der Waals surface area contributed by atoms with Crippen LogP contribution in [0.5, 0.6) is 0 Å². The van der Waals surface area contributed by atoms with Gasteiger partial charge in [0.1, 0.15) is 0 Å². The van der Waals surface area contributed by atoms with Crippen molar-refractivity contribution in [3.05, 3.63) is 24.3 Å². The molecule has 1 aromatic heterocycles. The summed E-state index contributed by atoms with van der Waals surface area (Å²) < 4.78 is 1.89. The first-order valence-corrected chi connectivity index (χ1v) is 7.11. The van der Waals surface area contributed by atoms with Crippen LogP contribution in [0.1, 0.15) is 27.7 Å². The summed E-state index contributed by atoms with van der Waals surface area (Å²) in [4.78, 5) is 0. The number of tetrazole rings is 1. The first-order valence-electron chi connectivity index (χ1n) is 7.11. The van der Waals surface area contributed by atoms with E-state index in [9.17, 15) is 0 Å². The minimum Gasteiger partial charge on any atom is -0.399 e. The SMILES string of the molecule is CC(C)C(Cn1nnnc1-c1cccc(N)c1)C(C)C. The first kappa shape index (κ1) is 14.5. The summed E-state index contributed by atoms with van der Waals surface area (Å²) in [5.74, 6) is 2.50. The molecule has 0 saturated heterocycles. The van der Waals surface area contributed by atoms with Crippen LogP contribution >= 0.6 is 0 Å². The molecule has 108 valence electrons. The van der Waals surface area contributed by atoms with E-state index in [0.29, 0.717) is 17.8 Å². The average Bonchev–Trinajstić information content (AvgIpc) is 2.83. The number of nitrogens with zero attached hydrogens (tertiary/aromatic N) is 4. The Hall–Kier alpha value is -1.91. The van der Waals surface area contributed by atoms with Crippen molar-refractivity contribution in [3.8, 4) is 11.4 Å². The Labute approximate surface area is 120 Å². The third-order valence-electron chi connectivity index (χ3n) is 3.77. The maximum Gasteiger partial charge on any atom is 0.182 e. The van der Waals surface area contributed by atoms with Gasteiger partial charge >= 0.3 is 0 Å². The molecule has 0 radical (unpaired) electrons. The molecule has 0 aliphatic rings. The third-order valence-corrected chi connectivity index (χ3v) is 3.77. The Kier molecular flexibility index (Phi) is 4.37. The van der Waals surface area contributed by atoms with Crippen molar-refractivity contribution in [2.45, 2.75) is 34.2 Å². The maximum atomic E-state index is 5.83. The Balaban J connectivity index is 2.29. The highest BCUT2D eigenvalue weighted by Crippen LogP contribution is 2.25. The summed E-state index contributed by atoms with van der Waals surface area (Å²) in [5.41, 5.74) is 7.52. The Morgan fingerprint density at radius 2 is 1.85 bits per heavy atom. The molecule has 0 spiro atoms. The summed E-state index contributed by atoms with van der Waals surface area (Å²) in [6.07, 6.45) is 0. The van der Waals surface area contributed by atoms with Crippen LogP contribution in [0, 0.1) is 17.8 Å². The zero-order chi connectivity index (χ0) is 14.7. The van der Waals surface area contributed by atoms with Crippen molar-refractivity contribution in [1.29, 1.82) is 0 Å². The summed E-state index contributed by atoms with van der Waals surface area (Å²) in [7, 11) is 0. The van der Waals surface area contributed by atoms with Crippen LogP contribution in [0.4, 0.5) is 5.69 Å². The van der Waals surface area contributed by atoms with E-state index in [1.807, 2.05) is 28.9 Å². The summed E-state index contributed by atoms with van der Waals surface area (Å²) >= 11 is 0. The largest absolute Gasteiger partial charge is 0.399 e. The van der Waals surface area contributed by atoms with Crippen molar-refractivity contribution < 1.29 is 0 Å². The summed E-state index contributed by atoms with van der Waals surface area (Å²) in [6.45, 7) is 9.81. The second kappa shape index (κ2) is 6.03. The van der Waals surface area contributed by atoms with Gasteiger partial charge in [-0.1, -0.05) is 39.8 Å². The van der Waals surface area contributed by atoms with Gasteiger partial charge in [-0.3, -0.25) is 0 Å². The zero-order valence-corrected chi connectivity index (χ0v) is 12.6.